The molecule has 94 valence electrons. The summed E-state index contributed by atoms with van der Waals surface area (Å²) in [5, 5.41) is 12.1. The number of aryl methyl sites for hydroxylation is 1. The molecule has 0 saturated heterocycles. The van der Waals surface area contributed by atoms with Crippen molar-refractivity contribution in [1.29, 1.82) is 0 Å². The van der Waals surface area contributed by atoms with Gasteiger partial charge in [-0.15, -0.1) is 0 Å². The van der Waals surface area contributed by atoms with Gasteiger partial charge in [0.1, 0.15) is 11.9 Å². The number of aliphatic carboxylic acids is 1. The number of rotatable bonds is 5. The second-order valence-electron chi connectivity index (χ2n) is 4.33. The summed E-state index contributed by atoms with van der Waals surface area (Å²) in [7, 11) is 0. The minimum absolute atomic E-state index is 0.112. The van der Waals surface area contributed by atoms with E-state index in [-0.39, 0.29) is 11.2 Å². The van der Waals surface area contributed by atoms with Crippen molar-refractivity contribution in [3.63, 3.8) is 0 Å². The molecule has 0 fully saturated rings. The Morgan fingerprint density at radius 3 is 2.65 bits per heavy atom. The molecule has 0 aliphatic heterocycles. The summed E-state index contributed by atoms with van der Waals surface area (Å²) in [4.78, 5) is 18.9. The van der Waals surface area contributed by atoms with E-state index in [1.54, 1.807) is 13.0 Å². The Morgan fingerprint density at radius 1 is 1.53 bits per heavy atom. The smallest absolute Gasteiger partial charge is 0.326 e. The van der Waals surface area contributed by atoms with E-state index in [1.807, 2.05) is 13.8 Å². The summed E-state index contributed by atoms with van der Waals surface area (Å²) in [6.45, 7) is 5.71. The fourth-order valence-electron chi connectivity index (χ4n) is 1.48. The van der Waals surface area contributed by atoms with Crippen LogP contribution in [-0.2, 0) is 4.79 Å². The number of aromatic nitrogens is 2. The molecular formula is C11H16ClN3O2. The van der Waals surface area contributed by atoms with Gasteiger partial charge in [0, 0.05) is 11.8 Å². The zero-order chi connectivity index (χ0) is 13.0. The predicted octanol–water partition coefficient (Wildman–Crippen LogP) is 2.35. The van der Waals surface area contributed by atoms with Gasteiger partial charge in [-0.1, -0.05) is 13.8 Å². The van der Waals surface area contributed by atoms with Crippen molar-refractivity contribution in [2.24, 2.45) is 5.92 Å². The Bertz CT molecular complexity index is 389. The zero-order valence-corrected chi connectivity index (χ0v) is 10.8. The maximum Gasteiger partial charge on any atom is 0.326 e. The molecule has 0 aliphatic rings. The first-order valence-corrected chi connectivity index (χ1v) is 5.77. The van der Waals surface area contributed by atoms with Crippen LogP contribution in [0.15, 0.2) is 6.07 Å². The molecule has 1 aromatic rings. The van der Waals surface area contributed by atoms with Gasteiger partial charge in [0.25, 0.3) is 0 Å². The van der Waals surface area contributed by atoms with Crippen molar-refractivity contribution in [3.8, 4) is 0 Å². The van der Waals surface area contributed by atoms with E-state index in [0.29, 0.717) is 17.9 Å². The minimum atomic E-state index is -0.897. The highest BCUT2D eigenvalue weighted by atomic mass is 35.5. The van der Waals surface area contributed by atoms with Gasteiger partial charge in [0.05, 0.1) is 0 Å². The number of carboxylic acids is 1. The van der Waals surface area contributed by atoms with E-state index in [1.165, 1.54) is 0 Å². The van der Waals surface area contributed by atoms with Crippen LogP contribution in [0.2, 0.25) is 5.28 Å². The fraction of sp³-hybridized carbons (Fsp3) is 0.545. The average molecular weight is 258 g/mol. The molecular weight excluding hydrogens is 242 g/mol. The molecule has 0 aromatic carbocycles. The van der Waals surface area contributed by atoms with Crippen LogP contribution < -0.4 is 5.32 Å². The first-order valence-electron chi connectivity index (χ1n) is 5.39. The van der Waals surface area contributed by atoms with Gasteiger partial charge in [0.2, 0.25) is 5.28 Å². The van der Waals surface area contributed by atoms with Crippen molar-refractivity contribution in [1.82, 2.24) is 9.97 Å². The lowest BCUT2D eigenvalue weighted by Crippen LogP contribution is -2.31. The average Bonchev–Trinajstić information content (AvgIpc) is 2.13. The number of hydrogen-bond acceptors (Lipinski definition) is 4. The van der Waals surface area contributed by atoms with Gasteiger partial charge in [-0.3, -0.25) is 0 Å². The van der Waals surface area contributed by atoms with Crippen LogP contribution in [0.1, 0.15) is 26.0 Å². The molecule has 5 nitrogen and oxygen atoms in total. The number of carboxylic acid groups (broad SMARTS) is 1. The molecule has 0 radical (unpaired) electrons. The van der Waals surface area contributed by atoms with Gasteiger partial charge >= 0.3 is 5.97 Å². The normalized spacial score (nSPS) is 12.5. The molecule has 17 heavy (non-hydrogen) atoms. The van der Waals surface area contributed by atoms with Crippen molar-refractivity contribution in [3.05, 3.63) is 17.0 Å². The van der Waals surface area contributed by atoms with Gasteiger partial charge in [-0.2, -0.15) is 0 Å². The number of halogens is 1. The lowest BCUT2D eigenvalue weighted by Gasteiger charge is -2.17. The standard InChI is InChI=1S/C11H16ClN3O2/c1-6(2)4-8(10(16)17)14-9-5-7(3)13-11(12)15-9/h5-6,8H,4H2,1-3H3,(H,16,17)(H,13,14,15). The van der Waals surface area contributed by atoms with E-state index < -0.39 is 12.0 Å². The van der Waals surface area contributed by atoms with Gasteiger partial charge < -0.3 is 10.4 Å². The molecule has 1 heterocycles. The zero-order valence-electron chi connectivity index (χ0n) is 10.1. The molecule has 1 atom stereocenters. The Hall–Kier alpha value is -1.36. The summed E-state index contributed by atoms with van der Waals surface area (Å²) >= 11 is 5.71. The molecule has 1 aromatic heterocycles. The third kappa shape index (κ3) is 4.56. The van der Waals surface area contributed by atoms with Crippen LogP contribution in [0.5, 0.6) is 0 Å². The highest BCUT2D eigenvalue weighted by Crippen LogP contribution is 2.14. The van der Waals surface area contributed by atoms with Gasteiger partial charge in [-0.05, 0) is 30.9 Å². The van der Waals surface area contributed by atoms with E-state index >= 15 is 0 Å². The second-order valence-corrected chi connectivity index (χ2v) is 4.67. The number of nitrogens with zero attached hydrogens (tertiary/aromatic N) is 2. The summed E-state index contributed by atoms with van der Waals surface area (Å²) in [5.41, 5.74) is 0.696. The third-order valence-electron chi connectivity index (χ3n) is 2.15. The minimum Gasteiger partial charge on any atom is -0.480 e. The maximum absolute atomic E-state index is 11.1. The largest absolute Gasteiger partial charge is 0.480 e. The molecule has 2 N–H and O–H groups in total. The van der Waals surface area contributed by atoms with Crippen molar-refractivity contribution in [2.45, 2.75) is 33.2 Å². The number of carbonyl (C=O) groups is 1. The van der Waals surface area contributed by atoms with Gasteiger partial charge in [-0.25, -0.2) is 14.8 Å². The van der Waals surface area contributed by atoms with Crippen LogP contribution in [0, 0.1) is 12.8 Å². The fourth-order valence-corrected chi connectivity index (χ4v) is 1.70. The Balaban J connectivity index is 2.82. The Morgan fingerprint density at radius 2 is 2.18 bits per heavy atom. The molecule has 1 rings (SSSR count). The molecule has 0 saturated carbocycles. The summed E-state index contributed by atoms with van der Waals surface area (Å²) in [5.74, 6) is -0.177. The quantitative estimate of drug-likeness (QED) is 0.792. The molecule has 0 bridgehead atoms. The van der Waals surface area contributed by atoms with Crippen molar-refractivity contribution < 1.29 is 9.90 Å². The number of hydrogen-bond donors (Lipinski definition) is 2. The van der Waals surface area contributed by atoms with Crippen LogP contribution in [-0.4, -0.2) is 27.1 Å². The molecule has 6 heteroatoms. The van der Waals surface area contributed by atoms with Crippen LogP contribution in [0.3, 0.4) is 0 Å². The first kappa shape index (κ1) is 13.7. The lowest BCUT2D eigenvalue weighted by atomic mass is 10.0. The predicted molar refractivity (Wildman–Crippen MR) is 66.3 cm³/mol. The Labute approximate surface area is 105 Å². The van der Waals surface area contributed by atoms with Crippen molar-refractivity contribution in [2.75, 3.05) is 5.32 Å². The monoisotopic (exact) mass is 257 g/mol. The first-order chi connectivity index (χ1) is 7.88. The van der Waals surface area contributed by atoms with Crippen LogP contribution in [0.25, 0.3) is 0 Å². The highest BCUT2D eigenvalue weighted by molar-refractivity contribution is 6.28. The van der Waals surface area contributed by atoms with E-state index in [2.05, 4.69) is 15.3 Å². The third-order valence-corrected chi connectivity index (χ3v) is 2.32. The summed E-state index contributed by atoms with van der Waals surface area (Å²) < 4.78 is 0. The molecule has 0 amide bonds. The van der Waals surface area contributed by atoms with Crippen LogP contribution in [0.4, 0.5) is 5.82 Å². The van der Waals surface area contributed by atoms with Gasteiger partial charge in [0.15, 0.2) is 0 Å². The van der Waals surface area contributed by atoms with E-state index in [9.17, 15) is 4.79 Å². The Kier molecular flexibility index (Phi) is 4.69. The molecule has 1 unspecified atom stereocenters. The number of nitrogens with one attached hydrogen (secondary N) is 1. The lowest BCUT2D eigenvalue weighted by molar-refractivity contribution is -0.138. The summed E-state index contributed by atoms with van der Waals surface area (Å²) in [6.07, 6.45) is 0.524. The summed E-state index contributed by atoms with van der Waals surface area (Å²) in [6, 6.07) is 1.00. The second kappa shape index (κ2) is 5.82. The van der Waals surface area contributed by atoms with E-state index in [4.69, 9.17) is 16.7 Å². The number of anilines is 1. The van der Waals surface area contributed by atoms with E-state index in [0.717, 1.165) is 0 Å². The topological polar surface area (TPSA) is 75.1 Å². The highest BCUT2D eigenvalue weighted by Gasteiger charge is 2.19. The maximum atomic E-state index is 11.1. The molecule has 0 aliphatic carbocycles. The molecule has 0 spiro atoms. The van der Waals surface area contributed by atoms with Crippen LogP contribution >= 0.6 is 11.6 Å². The van der Waals surface area contributed by atoms with Crippen molar-refractivity contribution >= 4 is 23.4 Å². The SMILES string of the molecule is Cc1cc(NC(CC(C)C)C(=O)O)nc(Cl)n1.